The van der Waals surface area contributed by atoms with Gasteiger partial charge >= 0.3 is 6.09 Å². The standard InChI is InChI=1S/C21H28BrFN2O4/c1-5-21(15-12-14(22)6-7-16(15)23)13-20(8-10-27-11-9-20)28-17(25-21)24-18(26)29-19(2,3)4/h6-7,12H,5,8-11,13H2,1-4H3,(H,24,25,26). The quantitative estimate of drug-likeness (QED) is 0.656. The van der Waals surface area contributed by atoms with Crippen molar-refractivity contribution in [1.29, 1.82) is 0 Å². The zero-order valence-corrected chi connectivity index (χ0v) is 18.9. The van der Waals surface area contributed by atoms with Crippen LogP contribution in [0.2, 0.25) is 0 Å². The molecule has 2 aliphatic rings. The van der Waals surface area contributed by atoms with Gasteiger partial charge in [-0.3, -0.25) is 0 Å². The largest absolute Gasteiger partial charge is 0.458 e. The molecule has 0 bridgehead atoms. The Morgan fingerprint density at radius 3 is 2.66 bits per heavy atom. The summed E-state index contributed by atoms with van der Waals surface area (Å²) in [6.07, 6.45) is 1.68. The van der Waals surface area contributed by atoms with Crippen molar-refractivity contribution in [2.24, 2.45) is 4.99 Å². The molecule has 1 aromatic rings. The van der Waals surface area contributed by atoms with Crippen LogP contribution in [0.5, 0.6) is 0 Å². The van der Waals surface area contributed by atoms with Gasteiger partial charge in [-0.05, 0) is 45.4 Å². The third-order valence-corrected chi connectivity index (χ3v) is 5.76. The Labute approximate surface area is 179 Å². The van der Waals surface area contributed by atoms with Crippen LogP contribution in [-0.2, 0) is 19.7 Å². The van der Waals surface area contributed by atoms with E-state index in [0.717, 1.165) is 4.47 Å². The number of benzene rings is 1. The maximum atomic E-state index is 14.9. The van der Waals surface area contributed by atoms with Crippen molar-refractivity contribution in [2.45, 2.75) is 70.1 Å². The number of amidine groups is 1. The molecule has 1 spiro atoms. The molecule has 0 aromatic heterocycles. The Kier molecular flexibility index (Phi) is 6.24. The summed E-state index contributed by atoms with van der Waals surface area (Å²) in [7, 11) is 0. The zero-order valence-electron chi connectivity index (χ0n) is 17.3. The number of alkyl carbamates (subject to hydrolysis) is 1. The number of carbonyl (C=O) groups is 1. The Balaban J connectivity index is 2.02. The lowest BCUT2D eigenvalue weighted by Crippen LogP contribution is -2.54. The molecule has 1 N–H and O–H groups in total. The Morgan fingerprint density at radius 1 is 1.34 bits per heavy atom. The maximum Gasteiger partial charge on any atom is 0.415 e. The molecule has 1 saturated heterocycles. The molecule has 160 valence electrons. The van der Waals surface area contributed by atoms with Crippen LogP contribution in [0, 0.1) is 5.82 Å². The van der Waals surface area contributed by atoms with Crippen LogP contribution in [0.3, 0.4) is 0 Å². The molecule has 1 amide bonds. The second-order valence-electron chi connectivity index (χ2n) is 8.63. The highest BCUT2D eigenvalue weighted by Gasteiger charge is 2.50. The minimum atomic E-state index is -0.867. The monoisotopic (exact) mass is 470 g/mol. The maximum absolute atomic E-state index is 14.9. The minimum Gasteiger partial charge on any atom is -0.458 e. The van der Waals surface area contributed by atoms with Crippen molar-refractivity contribution in [2.75, 3.05) is 13.2 Å². The highest BCUT2D eigenvalue weighted by molar-refractivity contribution is 9.10. The van der Waals surface area contributed by atoms with Crippen LogP contribution in [-0.4, -0.2) is 36.5 Å². The molecule has 3 rings (SSSR count). The number of hydrogen-bond acceptors (Lipinski definition) is 5. The first-order valence-corrected chi connectivity index (χ1v) is 10.7. The molecular formula is C21H28BrFN2O4. The Hall–Kier alpha value is -1.67. The van der Waals surface area contributed by atoms with Crippen molar-refractivity contribution in [3.8, 4) is 0 Å². The third-order valence-electron chi connectivity index (χ3n) is 5.27. The molecule has 2 aliphatic heterocycles. The number of amides is 1. The fraction of sp³-hybridized carbons (Fsp3) is 0.619. The molecule has 0 saturated carbocycles. The summed E-state index contributed by atoms with van der Waals surface area (Å²) >= 11 is 3.44. The van der Waals surface area contributed by atoms with E-state index in [-0.39, 0.29) is 11.8 Å². The van der Waals surface area contributed by atoms with Crippen molar-refractivity contribution in [1.82, 2.24) is 5.32 Å². The van der Waals surface area contributed by atoms with Gasteiger partial charge in [-0.15, -0.1) is 0 Å². The van der Waals surface area contributed by atoms with Gasteiger partial charge in [0.05, 0.1) is 18.8 Å². The summed E-state index contributed by atoms with van der Waals surface area (Å²) in [4.78, 5) is 17.1. The number of ether oxygens (including phenoxy) is 3. The van der Waals surface area contributed by atoms with E-state index in [1.807, 2.05) is 6.92 Å². The molecule has 1 fully saturated rings. The molecule has 0 radical (unpaired) electrons. The molecule has 2 heterocycles. The van der Waals surface area contributed by atoms with Crippen molar-refractivity contribution in [3.05, 3.63) is 34.1 Å². The fourth-order valence-corrected chi connectivity index (χ4v) is 4.26. The summed E-state index contributed by atoms with van der Waals surface area (Å²) in [6.45, 7) is 8.39. The lowest BCUT2D eigenvalue weighted by molar-refractivity contribution is -0.0837. The average Bonchev–Trinajstić information content (AvgIpc) is 2.62. The smallest absolute Gasteiger partial charge is 0.415 e. The predicted molar refractivity (Wildman–Crippen MR) is 111 cm³/mol. The van der Waals surface area contributed by atoms with E-state index >= 15 is 0 Å². The van der Waals surface area contributed by atoms with Gasteiger partial charge in [0.25, 0.3) is 6.02 Å². The van der Waals surface area contributed by atoms with Gasteiger partial charge in [0.15, 0.2) is 0 Å². The first kappa shape index (κ1) is 22.0. The topological polar surface area (TPSA) is 69.2 Å². The van der Waals surface area contributed by atoms with Crippen molar-refractivity contribution >= 4 is 28.0 Å². The van der Waals surface area contributed by atoms with Crippen LogP contribution in [0.15, 0.2) is 27.7 Å². The number of carbonyl (C=O) groups excluding carboxylic acids is 1. The van der Waals surface area contributed by atoms with Gasteiger partial charge in [0.1, 0.15) is 17.0 Å². The normalized spacial score (nSPS) is 23.9. The Morgan fingerprint density at radius 2 is 2.03 bits per heavy atom. The van der Waals surface area contributed by atoms with E-state index < -0.39 is 22.8 Å². The molecule has 0 aliphatic carbocycles. The number of hydrogen-bond donors (Lipinski definition) is 1. The summed E-state index contributed by atoms with van der Waals surface area (Å²) in [6, 6.07) is 4.91. The first-order valence-electron chi connectivity index (χ1n) is 9.89. The van der Waals surface area contributed by atoms with Gasteiger partial charge in [-0.2, -0.15) is 0 Å². The number of nitrogens with one attached hydrogen (secondary N) is 1. The van der Waals surface area contributed by atoms with E-state index in [0.29, 0.717) is 44.5 Å². The summed E-state index contributed by atoms with van der Waals surface area (Å²) in [5.74, 6) is -0.334. The van der Waals surface area contributed by atoms with Gasteiger partial charge < -0.3 is 14.2 Å². The number of halogens is 2. The minimum absolute atomic E-state index is 0.0635. The van der Waals surface area contributed by atoms with E-state index in [2.05, 4.69) is 21.2 Å². The molecule has 8 heteroatoms. The molecule has 1 unspecified atom stereocenters. The van der Waals surface area contributed by atoms with E-state index in [4.69, 9.17) is 19.2 Å². The van der Waals surface area contributed by atoms with Crippen molar-refractivity contribution in [3.63, 3.8) is 0 Å². The zero-order chi connectivity index (χ0) is 21.3. The first-order chi connectivity index (χ1) is 13.6. The average molecular weight is 471 g/mol. The highest BCUT2D eigenvalue weighted by Crippen LogP contribution is 2.47. The van der Waals surface area contributed by atoms with Gasteiger partial charge in [0, 0.05) is 29.3 Å². The third kappa shape index (κ3) is 5.09. The van der Waals surface area contributed by atoms with Gasteiger partial charge in [-0.25, -0.2) is 19.5 Å². The molecule has 29 heavy (non-hydrogen) atoms. The second-order valence-corrected chi connectivity index (χ2v) is 9.54. The Bertz CT molecular complexity index is 802. The van der Waals surface area contributed by atoms with Crippen LogP contribution in [0.1, 0.15) is 58.9 Å². The van der Waals surface area contributed by atoms with Crippen molar-refractivity contribution < 1.29 is 23.4 Å². The van der Waals surface area contributed by atoms with E-state index in [9.17, 15) is 9.18 Å². The molecular weight excluding hydrogens is 443 g/mol. The fourth-order valence-electron chi connectivity index (χ4n) is 3.90. The lowest BCUT2D eigenvalue weighted by atomic mass is 9.74. The molecule has 1 atom stereocenters. The van der Waals surface area contributed by atoms with Gasteiger partial charge in [-0.1, -0.05) is 22.9 Å². The number of aliphatic imine (C=N–C) groups is 1. The SMILES string of the molecule is CCC1(c2cc(Br)ccc2F)CC2(CCOCC2)OC(NC(=O)OC(C)(C)C)=N1. The van der Waals surface area contributed by atoms with Crippen LogP contribution in [0.4, 0.5) is 9.18 Å². The lowest BCUT2D eigenvalue weighted by Gasteiger charge is -2.47. The van der Waals surface area contributed by atoms with Crippen LogP contribution in [0.25, 0.3) is 0 Å². The summed E-state index contributed by atoms with van der Waals surface area (Å²) in [5, 5.41) is 2.63. The number of rotatable bonds is 2. The van der Waals surface area contributed by atoms with E-state index in [1.165, 1.54) is 6.07 Å². The summed E-state index contributed by atoms with van der Waals surface area (Å²) < 4.78 is 32.7. The predicted octanol–water partition coefficient (Wildman–Crippen LogP) is 5.04. The molecule has 1 aromatic carbocycles. The van der Waals surface area contributed by atoms with Gasteiger partial charge in [0.2, 0.25) is 0 Å². The second kappa shape index (κ2) is 8.22. The summed E-state index contributed by atoms with van der Waals surface area (Å²) in [5.41, 5.74) is -1.64. The van der Waals surface area contributed by atoms with Crippen LogP contribution >= 0.6 is 15.9 Å². The highest BCUT2D eigenvalue weighted by atomic mass is 79.9. The number of nitrogens with zero attached hydrogens (tertiary/aromatic N) is 1. The van der Waals surface area contributed by atoms with Crippen LogP contribution < -0.4 is 5.32 Å². The molecule has 6 nitrogen and oxygen atoms in total. The van der Waals surface area contributed by atoms with E-state index in [1.54, 1.807) is 32.9 Å².